The van der Waals surface area contributed by atoms with Gasteiger partial charge in [-0.2, -0.15) is 0 Å². The van der Waals surface area contributed by atoms with Gasteiger partial charge in [-0.3, -0.25) is 4.79 Å². The van der Waals surface area contributed by atoms with Crippen LogP contribution in [0.1, 0.15) is 29.9 Å². The van der Waals surface area contributed by atoms with Gasteiger partial charge in [0.25, 0.3) is 5.91 Å². The van der Waals surface area contributed by atoms with Gasteiger partial charge in [0.05, 0.1) is 0 Å². The fourth-order valence-corrected chi connectivity index (χ4v) is 1.45. The lowest BCUT2D eigenvalue weighted by atomic mass is 10.2. The largest absolute Gasteiger partial charge is 0.342 e. The van der Waals surface area contributed by atoms with E-state index in [9.17, 15) is 4.79 Å². The molecule has 1 heterocycles. The fourth-order valence-electron chi connectivity index (χ4n) is 1.22. The monoisotopic (exact) mass is 226 g/mol. The summed E-state index contributed by atoms with van der Waals surface area (Å²) in [5, 5.41) is 0.377. The van der Waals surface area contributed by atoms with Crippen molar-refractivity contribution in [3.63, 3.8) is 0 Å². The molecule has 0 saturated carbocycles. The van der Waals surface area contributed by atoms with E-state index in [-0.39, 0.29) is 5.91 Å². The Morgan fingerprint density at radius 2 is 2.13 bits per heavy atom. The molecule has 15 heavy (non-hydrogen) atoms. The second-order valence-corrected chi connectivity index (χ2v) is 3.73. The topological polar surface area (TPSA) is 33.2 Å². The van der Waals surface area contributed by atoms with E-state index in [2.05, 4.69) is 4.98 Å². The molecule has 4 heteroatoms. The average molecular weight is 227 g/mol. The standard InChI is InChI=1S/C11H15ClN2O/c1-4-9-6-8(7-10(12)13-9)11(15)14(3)5-2/h6-7H,4-5H2,1-3H3. The van der Waals surface area contributed by atoms with E-state index >= 15 is 0 Å². The second-order valence-electron chi connectivity index (χ2n) is 3.34. The molecule has 0 aliphatic rings. The Morgan fingerprint density at radius 1 is 1.47 bits per heavy atom. The first-order valence-electron chi connectivity index (χ1n) is 5.00. The van der Waals surface area contributed by atoms with Crippen molar-refractivity contribution < 1.29 is 4.79 Å². The molecule has 0 unspecified atom stereocenters. The number of aryl methyl sites for hydroxylation is 1. The third-order valence-corrected chi connectivity index (χ3v) is 2.47. The first-order chi connectivity index (χ1) is 7.08. The number of hydrogen-bond acceptors (Lipinski definition) is 2. The predicted octanol–water partition coefficient (Wildman–Crippen LogP) is 2.39. The van der Waals surface area contributed by atoms with Crippen molar-refractivity contribution in [3.05, 3.63) is 28.5 Å². The summed E-state index contributed by atoms with van der Waals surface area (Å²) < 4.78 is 0. The molecule has 0 fully saturated rings. The minimum absolute atomic E-state index is 0.0171. The molecule has 82 valence electrons. The molecule has 0 atom stereocenters. The van der Waals surface area contributed by atoms with Crippen molar-refractivity contribution >= 4 is 17.5 Å². The highest BCUT2D eigenvalue weighted by molar-refractivity contribution is 6.29. The van der Waals surface area contributed by atoms with Crippen LogP contribution in [-0.4, -0.2) is 29.4 Å². The third kappa shape index (κ3) is 2.93. The molecule has 1 aromatic heterocycles. The summed E-state index contributed by atoms with van der Waals surface area (Å²) in [6.07, 6.45) is 0.774. The van der Waals surface area contributed by atoms with Gasteiger partial charge in [-0.15, -0.1) is 0 Å². The lowest BCUT2D eigenvalue weighted by Gasteiger charge is -2.14. The first-order valence-corrected chi connectivity index (χ1v) is 5.38. The number of rotatable bonds is 3. The lowest BCUT2D eigenvalue weighted by Crippen LogP contribution is -2.26. The number of amides is 1. The molecule has 0 aromatic carbocycles. The Balaban J connectivity index is 3.03. The van der Waals surface area contributed by atoms with Crippen molar-refractivity contribution in [2.75, 3.05) is 13.6 Å². The molecule has 1 amide bonds. The van der Waals surface area contributed by atoms with Gasteiger partial charge in [0.2, 0.25) is 0 Å². The number of halogens is 1. The summed E-state index contributed by atoms with van der Waals surface area (Å²) in [5.74, 6) is -0.0171. The number of carbonyl (C=O) groups is 1. The highest BCUT2D eigenvalue weighted by atomic mass is 35.5. The molecule has 0 saturated heterocycles. The van der Waals surface area contributed by atoms with Crippen LogP contribution in [0.25, 0.3) is 0 Å². The van der Waals surface area contributed by atoms with Gasteiger partial charge >= 0.3 is 0 Å². The molecule has 3 nitrogen and oxygen atoms in total. The van der Waals surface area contributed by atoms with E-state index in [4.69, 9.17) is 11.6 Å². The second kappa shape index (κ2) is 5.12. The average Bonchev–Trinajstić information content (AvgIpc) is 2.26. The Morgan fingerprint density at radius 3 is 2.67 bits per heavy atom. The zero-order valence-corrected chi connectivity index (χ0v) is 10.0. The van der Waals surface area contributed by atoms with Gasteiger partial charge in [0.15, 0.2) is 0 Å². The highest BCUT2D eigenvalue weighted by Gasteiger charge is 2.11. The normalized spacial score (nSPS) is 10.1. The first kappa shape index (κ1) is 12.0. The molecule has 0 bridgehead atoms. The van der Waals surface area contributed by atoms with Crippen LogP contribution in [0.15, 0.2) is 12.1 Å². The molecule has 0 aliphatic heterocycles. The Labute approximate surface area is 95.1 Å². The van der Waals surface area contributed by atoms with Crippen LogP contribution in [0, 0.1) is 0 Å². The van der Waals surface area contributed by atoms with Crippen LogP contribution in [0.4, 0.5) is 0 Å². The number of hydrogen-bond donors (Lipinski definition) is 0. The maximum absolute atomic E-state index is 11.8. The van der Waals surface area contributed by atoms with Crippen LogP contribution in [0.5, 0.6) is 0 Å². The van der Waals surface area contributed by atoms with Crippen molar-refractivity contribution in [2.24, 2.45) is 0 Å². The molecule has 0 N–H and O–H groups in total. The van der Waals surface area contributed by atoms with Crippen LogP contribution in [-0.2, 0) is 6.42 Å². The van der Waals surface area contributed by atoms with Gasteiger partial charge in [-0.1, -0.05) is 18.5 Å². The zero-order valence-electron chi connectivity index (χ0n) is 9.25. The van der Waals surface area contributed by atoms with Crippen LogP contribution < -0.4 is 0 Å². The third-order valence-electron chi connectivity index (χ3n) is 2.28. The fraction of sp³-hybridized carbons (Fsp3) is 0.455. The van der Waals surface area contributed by atoms with Gasteiger partial charge in [-0.05, 0) is 25.5 Å². The SMILES string of the molecule is CCc1cc(C(=O)N(C)CC)cc(Cl)n1. The molecular formula is C11H15ClN2O. The summed E-state index contributed by atoms with van der Waals surface area (Å²) in [4.78, 5) is 17.6. The van der Waals surface area contributed by atoms with Crippen molar-refractivity contribution in [1.82, 2.24) is 9.88 Å². The summed E-state index contributed by atoms with van der Waals surface area (Å²) >= 11 is 5.84. The van der Waals surface area contributed by atoms with Gasteiger partial charge in [0.1, 0.15) is 5.15 Å². The Bertz CT molecular complexity index is 366. The van der Waals surface area contributed by atoms with Crippen LogP contribution in [0.2, 0.25) is 5.15 Å². The molecule has 0 aliphatic carbocycles. The number of carbonyl (C=O) groups excluding carboxylic acids is 1. The molecule has 1 rings (SSSR count). The van der Waals surface area contributed by atoms with Crippen molar-refractivity contribution in [1.29, 1.82) is 0 Å². The van der Waals surface area contributed by atoms with E-state index in [1.54, 1.807) is 24.1 Å². The van der Waals surface area contributed by atoms with E-state index in [0.29, 0.717) is 17.3 Å². The number of aromatic nitrogens is 1. The number of pyridine rings is 1. The molecular weight excluding hydrogens is 212 g/mol. The summed E-state index contributed by atoms with van der Waals surface area (Å²) in [7, 11) is 1.77. The van der Waals surface area contributed by atoms with E-state index in [1.165, 1.54) is 0 Å². The zero-order chi connectivity index (χ0) is 11.4. The minimum atomic E-state index is -0.0171. The molecule has 1 aromatic rings. The summed E-state index contributed by atoms with van der Waals surface area (Å²) in [5.41, 5.74) is 1.45. The van der Waals surface area contributed by atoms with Gasteiger partial charge < -0.3 is 4.90 Å². The molecule has 0 radical (unpaired) electrons. The van der Waals surface area contributed by atoms with E-state index in [0.717, 1.165) is 12.1 Å². The Hall–Kier alpha value is -1.09. The predicted molar refractivity (Wildman–Crippen MR) is 61.3 cm³/mol. The van der Waals surface area contributed by atoms with Crippen LogP contribution >= 0.6 is 11.6 Å². The quantitative estimate of drug-likeness (QED) is 0.742. The summed E-state index contributed by atoms with van der Waals surface area (Å²) in [6.45, 7) is 4.60. The van der Waals surface area contributed by atoms with Gasteiger partial charge in [0, 0.05) is 24.8 Å². The smallest absolute Gasteiger partial charge is 0.253 e. The van der Waals surface area contributed by atoms with Crippen LogP contribution in [0.3, 0.4) is 0 Å². The van der Waals surface area contributed by atoms with Crippen molar-refractivity contribution in [3.8, 4) is 0 Å². The minimum Gasteiger partial charge on any atom is -0.342 e. The molecule has 0 spiro atoms. The van der Waals surface area contributed by atoms with E-state index < -0.39 is 0 Å². The number of nitrogens with zero attached hydrogens (tertiary/aromatic N) is 2. The maximum atomic E-state index is 11.8. The maximum Gasteiger partial charge on any atom is 0.253 e. The highest BCUT2D eigenvalue weighted by Crippen LogP contribution is 2.13. The Kier molecular flexibility index (Phi) is 4.09. The van der Waals surface area contributed by atoms with E-state index in [1.807, 2.05) is 13.8 Å². The summed E-state index contributed by atoms with van der Waals surface area (Å²) in [6, 6.07) is 3.40. The van der Waals surface area contributed by atoms with Gasteiger partial charge in [-0.25, -0.2) is 4.98 Å². The lowest BCUT2D eigenvalue weighted by molar-refractivity contribution is 0.0802. The van der Waals surface area contributed by atoms with Crippen molar-refractivity contribution in [2.45, 2.75) is 20.3 Å².